The Morgan fingerprint density at radius 2 is 1.36 bits per heavy atom. The van der Waals surface area contributed by atoms with Gasteiger partial charge in [0.1, 0.15) is 0 Å². The zero-order valence-corrected chi connectivity index (χ0v) is 9.78. The molecule has 1 radical (unpaired) electrons. The van der Waals surface area contributed by atoms with Gasteiger partial charge in [-0.05, 0) is 12.8 Å². The standard InChI is InChI=1S/C14H25/c1-3-5-7-9-11-13-14-12-10-8-6-4-2/h1,3-11,13H2,2H3. The van der Waals surface area contributed by atoms with E-state index in [0.717, 1.165) is 19.3 Å². The fraction of sp³-hybridized carbons (Fsp3) is 0.786. The van der Waals surface area contributed by atoms with E-state index >= 15 is 0 Å². The van der Waals surface area contributed by atoms with E-state index in [4.69, 9.17) is 0 Å². The molecule has 0 aliphatic rings. The average molecular weight is 193 g/mol. The lowest BCUT2D eigenvalue weighted by atomic mass is 10.1. The van der Waals surface area contributed by atoms with Crippen molar-refractivity contribution in [3.05, 3.63) is 6.92 Å². The normalized spacial score (nSPS) is 9.57. The van der Waals surface area contributed by atoms with Crippen LogP contribution in [-0.4, -0.2) is 0 Å². The van der Waals surface area contributed by atoms with Crippen molar-refractivity contribution in [1.29, 1.82) is 0 Å². The van der Waals surface area contributed by atoms with Gasteiger partial charge >= 0.3 is 0 Å². The summed E-state index contributed by atoms with van der Waals surface area (Å²) in [5.41, 5.74) is 0. The number of hydrogen-bond donors (Lipinski definition) is 0. The fourth-order valence-electron chi connectivity index (χ4n) is 1.38. The average Bonchev–Trinajstić information content (AvgIpc) is 2.21. The third-order valence-corrected chi connectivity index (χ3v) is 2.33. The first-order chi connectivity index (χ1) is 6.91. The van der Waals surface area contributed by atoms with Gasteiger partial charge in [0.15, 0.2) is 0 Å². The molecule has 0 fully saturated rings. The number of hydrogen-bond acceptors (Lipinski definition) is 0. The van der Waals surface area contributed by atoms with Gasteiger partial charge in [-0.2, -0.15) is 0 Å². The van der Waals surface area contributed by atoms with Crippen molar-refractivity contribution in [2.45, 2.75) is 71.1 Å². The Balaban J connectivity index is 3.02. The third-order valence-electron chi connectivity index (χ3n) is 2.33. The van der Waals surface area contributed by atoms with Crippen LogP contribution >= 0.6 is 0 Å². The van der Waals surface area contributed by atoms with Crippen LogP contribution in [0.15, 0.2) is 0 Å². The molecule has 0 aromatic rings. The maximum atomic E-state index is 3.83. The lowest BCUT2D eigenvalue weighted by Gasteiger charge is -1.94. The van der Waals surface area contributed by atoms with E-state index in [-0.39, 0.29) is 0 Å². The second kappa shape index (κ2) is 12.6. The molecule has 0 aliphatic heterocycles. The molecular weight excluding hydrogens is 168 g/mol. The maximum absolute atomic E-state index is 3.83. The molecule has 0 heteroatoms. The highest BCUT2D eigenvalue weighted by Crippen LogP contribution is 2.04. The first-order valence-corrected chi connectivity index (χ1v) is 6.16. The van der Waals surface area contributed by atoms with Gasteiger partial charge in [-0.25, -0.2) is 0 Å². The van der Waals surface area contributed by atoms with Crippen molar-refractivity contribution < 1.29 is 0 Å². The van der Waals surface area contributed by atoms with Gasteiger partial charge in [-0.3, -0.25) is 0 Å². The first-order valence-electron chi connectivity index (χ1n) is 6.16. The van der Waals surface area contributed by atoms with Crippen molar-refractivity contribution in [1.82, 2.24) is 0 Å². The Hall–Kier alpha value is -0.440. The monoisotopic (exact) mass is 193 g/mol. The van der Waals surface area contributed by atoms with Crippen LogP contribution in [0.5, 0.6) is 0 Å². The minimum atomic E-state index is 1.09. The Morgan fingerprint density at radius 3 is 1.93 bits per heavy atom. The largest absolute Gasteiger partial charge is 0.103 e. The molecule has 0 heterocycles. The second-order valence-electron chi connectivity index (χ2n) is 3.83. The van der Waals surface area contributed by atoms with Crippen LogP contribution in [0.4, 0.5) is 0 Å². The molecular formula is C14H25. The van der Waals surface area contributed by atoms with E-state index in [0.29, 0.717) is 0 Å². The lowest BCUT2D eigenvalue weighted by Crippen LogP contribution is -1.76. The quantitative estimate of drug-likeness (QED) is 0.385. The Kier molecular flexibility index (Phi) is 12.2. The highest BCUT2D eigenvalue weighted by atomic mass is 13.9. The van der Waals surface area contributed by atoms with E-state index in [9.17, 15) is 0 Å². The molecule has 0 aromatic carbocycles. The summed E-state index contributed by atoms with van der Waals surface area (Å²) in [6.07, 6.45) is 12.4. The third kappa shape index (κ3) is 11.6. The van der Waals surface area contributed by atoms with Gasteiger partial charge in [0.05, 0.1) is 0 Å². The van der Waals surface area contributed by atoms with E-state index < -0.39 is 0 Å². The second-order valence-corrected chi connectivity index (χ2v) is 3.83. The highest BCUT2D eigenvalue weighted by molar-refractivity contribution is 4.98. The molecule has 0 nitrogen and oxygen atoms in total. The SMILES string of the molecule is [CH2]CCCCCCC#CCCCCC. The van der Waals surface area contributed by atoms with Crippen molar-refractivity contribution in [2.75, 3.05) is 0 Å². The van der Waals surface area contributed by atoms with Crippen LogP contribution < -0.4 is 0 Å². The van der Waals surface area contributed by atoms with Crippen molar-refractivity contribution in [3.8, 4) is 11.8 Å². The van der Waals surface area contributed by atoms with Gasteiger partial charge in [0, 0.05) is 12.8 Å². The molecule has 0 saturated heterocycles. The molecule has 0 aliphatic carbocycles. The van der Waals surface area contributed by atoms with Crippen molar-refractivity contribution in [2.24, 2.45) is 0 Å². The molecule has 81 valence electrons. The minimum absolute atomic E-state index is 1.09. The van der Waals surface area contributed by atoms with Crippen molar-refractivity contribution in [3.63, 3.8) is 0 Å². The topological polar surface area (TPSA) is 0 Å². The summed E-state index contributed by atoms with van der Waals surface area (Å²) in [6.45, 7) is 6.07. The minimum Gasteiger partial charge on any atom is -0.103 e. The smallest absolute Gasteiger partial charge is 0.00886 e. The van der Waals surface area contributed by atoms with Crippen molar-refractivity contribution >= 4 is 0 Å². The molecule has 0 amide bonds. The highest BCUT2D eigenvalue weighted by Gasteiger charge is 1.86. The summed E-state index contributed by atoms with van der Waals surface area (Å²) in [5.74, 6) is 6.50. The molecule has 0 aromatic heterocycles. The summed E-state index contributed by atoms with van der Waals surface area (Å²) in [5, 5.41) is 0. The van der Waals surface area contributed by atoms with Crippen LogP contribution in [-0.2, 0) is 0 Å². The molecule has 0 saturated carbocycles. The lowest BCUT2D eigenvalue weighted by molar-refractivity contribution is 0.655. The summed E-state index contributed by atoms with van der Waals surface area (Å²) in [4.78, 5) is 0. The van der Waals surface area contributed by atoms with E-state index in [2.05, 4.69) is 25.7 Å². The van der Waals surface area contributed by atoms with Gasteiger partial charge in [-0.15, -0.1) is 11.8 Å². The molecule has 0 bridgehead atoms. The van der Waals surface area contributed by atoms with Crippen LogP contribution in [0.2, 0.25) is 0 Å². The van der Waals surface area contributed by atoms with E-state index in [1.165, 1.54) is 44.9 Å². The first kappa shape index (κ1) is 13.6. The van der Waals surface area contributed by atoms with Gasteiger partial charge in [-0.1, -0.05) is 52.4 Å². The van der Waals surface area contributed by atoms with Crippen LogP contribution in [0.25, 0.3) is 0 Å². The van der Waals surface area contributed by atoms with E-state index in [1.54, 1.807) is 0 Å². The van der Waals surface area contributed by atoms with Gasteiger partial charge < -0.3 is 0 Å². The summed E-state index contributed by atoms with van der Waals surface area (Å²) >= 11 is 0. The number of unbranched alkanes of at least 4 members (excludes halogenated alkanes) is 8. The molecule has 0 spiro atoms. The Bertz CT molecular complexity index is 147. The molecule has 0 atom stereocenters. The summed E-state index contributed by atoms with van der Waals surface area (Å²) < 4.78 is 0. The predicted octanol–water partition coefficient (Wildman–Crippen LogP) is 4.74. The van der Waals surface area contributed by atoms with Gasteiger partial charge in [0.2, 0.25) is 0 Å². The van der Waals surface area contributed by atoms with Crippen LogP contribution in [0, 0.1) is 18.8 Å². The molecule has 0 N–H and O–H groups in total. The molecule has 0 unspecified atom stereocenters. The predicted molar refractivity (Wildman–Crippen MR) is 65.0 cm³/mol. The van der Waals surface area contributed by atoms with E-state index in [1.807, 2.05) is 0 Å². The van der Waals surface area contributed by atoms with Crippen LogP contribution in [0.1, 0.15) is 71.1 Å². The zero-order chi connectivity index (χ0) is 10.5. The van der Waals surface area contributed by atoms with Gasteiger partial charge in [0.25, 0.3) is 0 Å². The fourth-order valence-corrected chi connectivity index (χ4v) is 1.38. The Labute approximate surface area is 90.5 Å². The Morgan fingerprint density at radius 1 is 0.786 bits per heavy atom. The summed E-state index contributed by atoms with van der Waals surface area (Å²) in [7, 11) is 0. The zero-order valence-electron chi connectivity index (χ0n) is 9.78. The summed E-state index contributed by atoms with van der Waals surface area (Å²) in [6, 6.07) is 0. The maximum Gasteiger partial charge on any atom is 0.00886 e. The molecule has 0 rings (SSSR count). The molecule has 14 heavy (non-hydrogen) atoms. The number of rotatable bonds is 8. The van der Waals surface area contributed by atoms with Crippen LogP contribution in [0.3, 0.4) is 0 Å².